The van der Waals surface area contributed by atoms with E-state index in [1.165, 1.54) is 0 Å². The number of aryl methyl sites for hydroxylation is 2. The Morgan fingerprint density at radius 2 is 2.17 bits per heavy atom. The fraction of sp³-hybridized carbons (Fsp3) is 0.667. The Labute approximate surface area is 113 Å². The van der Waals surface area contributed by atoms with E-state index in [1.54, 1.807) is 0 Å². The number of anilines is 1. The number of morpholine rings is 1. The van der Waals surface area contributed by atoms with Crippen LogP contribution in [0.4, 0.5) is 5.82 Å². The van der Waals surface area contributed by atoms with Gasteiger partial charge in [0.15, 0.2) is 0 Å². The van der Waals surface area contributed by atoms with E-state index in [-0.39, 0.29) is 5.54 Å². The topological polar surface area (TPSA) is 56.3 Å². The van der Waals surface area contributed by atoms with Crippen LogP contribution in [-0.2, 0) is 11.8 Å². The average Bonchev–Trinajstić information content (AvgIpc) is 2.53. The summed E-state index contributed by atoms with van der Waals surface area (Å²) < 4.78 is 7.41. The monoisotopic (exact) mass is 268 g/mol. The van der Waals surface area contributed by atoms with Crippen LogP contribution < -0.4 is 10.6 Å². The van der Waals surface area contributed by atoms with Gasteiger partial charge in [0.25, 0.3) is 0 Å². The third-order valence-electron chi connectivity index (χ3n) is 3.34. The van der Waals surface area contributed by atoms with Crippen LogP contribution in [-0.4, -0.2) is 40.1 Å². The van der Waals surface area contributed by atoms with Gasteiger partial charge in [0, 0.05) is 13.6 Å². The largest absolute Gasteiger partial charge is 0.389 e. The molecule has 0 radical (unpaired) electrons. The molecule has 0 aliphatic carbocycles. The van der Waals surface area contributed by atoms with Crippen molar-refractivity contribution < 1.29 is 4.74 Å². The Morgan fingerprint density at radius 1 is 1.50 bits per heavy atom. The average molecular weight is 268 g/mol. The first-order chi connectivity index (χ1) is 8.34. The van der Waals surface area contributed by atoms with Crippen LogP contribution in [0.2, 0.25) is 0 Å². The van der Waals surface area contributed by atoms with Crippen molar-refractivity contribution in [3.63, 3.8) is 0 Å². The molecule has 5 nitrogen and oxygen atoms in total. The number of nitrogens with two attached hydrogens (primary N) is 1. The van der Waals surface area contributed by atoms with Crippen LogP contribution in [0.3, 0.4) is 0 Å². The first kappa shape index (κ1) is 13.3. The van der Waals surface area contributed by atoms with Crippen molar-refractivity contribution >= 4 is 23.0 Å². The number of ether oxygens (including phenoxy) is 1. The minimum atomic E-state index is -0.0853. The molecule has 0 unspecified atom stereocenters. The molecule has 1 aliphatic heterocycles. The van der Waals surface area contributed by atoms with Crippen LogP contribution in [0.5, 0.6) is 0 Å². The smallest absolute Gasteiger partial charge is 0.137 e. The zero-order valence-electron chi connectivity index (χ0n) is 11.4. The Bertz CT molecular complexity index is 481. The first-order valence-corrected chi connectivity index (χ1v) is 6.44. The maximum Gasteiger partial charge on any atom is 0.137 e. The summed E-state index contributed by atoms with van der Waals surface area (Å²) >= 11 is 5.16. The molecule has 1 aromatic rings. The van der Waals surface area contributed by atoms with Crippen molar-refractivity contribution in [2.75, 3.05) is 24.7 Å². The summed E-state index contributed by atoms with van der Waals surface area (Å²) in [6.45, 7) is 8.46. The van der Waals surface area contributed by atoms with E-state index in [2.05, 4.69) is 23.8 Å². The molecule has 0 aromatic carbocycles. The van der Waals surface area contributed by atoms with Crippen LogP contribution in [0.25, 0.3) is 0 Å². The van der Waals surface area contributed by atoms with Gasteiger partial charge in [0.2, 0.25) is 0 Å². The molecule has 1 aliphatic rings. The number of nitrogens with zero attached hydrogens (tertiary/aromatic N) is 3. The first-order valence-electron chi connectivity index (χ1n) is 6.03. The summed E-state index contributed by atoms with van der Waals surface area (Å²) in [6, 6.07) is 0. The number of hydrogen-bond acceptors (Lipinski definition) is 4. The molecule has 2 N–H and O–H groups in total. The maximum absolute atomic E-state index is 5.84. The van der Waals surface area contributed by atoms with Gasteiger partial charge in [-0.3, -0.25) is 4.68 Å². The molecule has 1 saturated heterocycles. The quantitative estimate of drug-likeness (QED) is 0.810. The van der Waals surface area contributed by atoms with Crippen molar-refractivity contribution in [3.05, 3.63) is 11.3 Å². The van der Waals surface area contributed by atoms with Gasteiger partial charge >= 0.3 is 0 Å². The lowest BCUT2D eigenvalue weighted by Gasteiger charge is -2.43. The number of rotatable bonds is 2. The van der Waals surface area contributed by atoms with E-state index in [0.29, 0.717) is 18.2 Å². The molecule has 2 rings (SSSR count). The zero-order chi connectivity index (χ0) is 13.5. The van der Waals surface area contributed by atoms with Crippen molar-refractivity contribution in [1.82, 2.24) is 9.78 Å². The van der Waals surface area contributed by atoms with E-state index in [9.17, 15) is 0 Å². The molecule has 0 saturated carbocycles. The van der Waals surface area contributed by atoms with Gasteiger partial charge in [0.05, 0.1) is 30.0 Å². The SMILES string of the molecule is Cc1nn(C)c(N2CCOCC2(C)C)c1C(N)=S. The molecule has 1 fully saturated rings. The lowest BCUT2D eigenvalue weighted by atomic mass is 10.0. The van der Waals surface area contributed by atoms with Crippen LogP contribution in [0.1, 0.15) is 25.1 Å². The van der Waals surface area contributed by atoms with E-state index in [0.717, 1.165) is 23.6 Å². The summed E-state index contributed by atoms with van der Waals surface area (Å²) in [7, 11) is 1.93. The van der Waals surface area contributed by atoms with Crippen molar-refractivity contribution in [2.45, 2.75) is 26.3 Å². The molecule has 0 spiro atoms. The second-order valence-electron chi connectivity index (χ2n) is 5.29. The van der Waals surface area contributed by atoms with Crippen LogP contribution in [0, 0.1) is 6.92 Å². The van der Waals surface area contributed by atoms with E-state index in [4.69, 9.17) is 22.7 Å². The summed E-state index contributed by atoms with van der Waals surface area (Å²) in [5.74, 6) is 0.994. The minimum Gasteiger partial charge on any atom is -0.389 e. The fourth-order valence-corrected chi connectivity index (χ4v) is 2.73. The van der Waals surface area contributed by atoms with Crippen LogP contribution >= 0.6 is 12.2 Å². The molecular formula is C12H20N4OS. The second-order valence-corrected chi connectivity index (χ2v) is 5.73. The molecule has 0 amide bonds. The molecule has 0 bridgehead atoms. The Kier molecular flexibility index (Phi) is 3.33. The summed E-state index contributed by atoms with van der Waals surface area (Å²) in [4.78, 5) is 2.68. The van der Waals surface area contributed by atoms with Crippen LogP contribution in [0.15, 0.2) is 0 Å². The number of thiocarbonyl (C=S) groups is 1. The molecule has 100 valence electrons. The standard InChI is InChI=1S/C12H20N4OS/c1-8-9(10(13)18)11(15(4)14-8)16-5-6-17-7-12(16,2)3/h5-7H2,1-4H3,(H2,13,18). The molecule has 0 atom stereocenters. The van der Waals surface area contributed by atoms with Crippen molar-refractivity contribution in [3.8, 4) is 0 Å². The Hall–Kier alpha value is -1.14. The fourth-order valence-electron chi connectivity index (χ4n) is 2.50. The molecular weight excluding hydrogens is 248 g/mol. The van der Waals surface area contributed by atoms with Gasteiger partial charge in [-0.2, -0.15) is 5.10 Å². The van der Waals surface area contributed by atoms with E-state index < -0.39 is 0 Å². The van der Waals surface area contributed by atoms with Crippen molar-refractivity contribution in [2.24, 2.45) is 12.8 Å². The predicted octanol–water partition coefficient (Wildman–Crippen LogP) is 0.978. The highest BCUT2D eigenvalue weighted by molar-refractivity contribution is 7.80. The molecule has 18 heavy (non-hydrogen) atoms. The third kappa shape index (κ3) is 2.10. The van der Waals surface area contributed by atoms with Gasteiger partial charge in [-0.15, -0.1) is 0 Å². The summed E-state index contributed by atoms with van der Waals surface area (Å²) in [5, 5.41) is 4.44. The zero-order valence-corrected chi connectivity index (χ0v) is 12.2. The molecule has 2 heterocycles. The highest BCUT2D eigenvalue weighted by Crippen LogP contribution is 2.31. The second kappa shape index (κ2) is 4.51. The molecule has 6 heteroatoms. The maximum atomic E-state index is 5.84. The third-order valence-corrected chi connectivity index (χ3v) is 3.54. The Balaban J connectivity index is 2.53. The van der Waals surface area contributed by atoms with Gasteiger partial charge < -0.3 is 15.4 Å². The highest BCUT2D eigenvalue weighted by atomic mass is 32.1. The normalized spacial score (nSPS) is 19.0. The Morgan fingerprint density at radius 3 is 2.72 bits per heavy atom. The lowest BCUT2D eigenvalue weighted by molar-refractivity contribution is 0.0634. The van der Waals surface area contributed by atoms with Gasteiger partial charge in [0.1, 0.15) is 10.8 Å². The number of aromatic nitrogens is 2. The van der Waals surface area contributed by atoms with Gasteiger partial charge in [-0.1, -0.05) is 12.2 Å². The lowest BCUT2D eigenvalue weighted by Crippen LogP contribution is -2.54. The van der Waals surface area contributed by atoms with E-state index >= 15 is 0 Å². The summed E-state index contributed by atoms with van der Waals surface area (Å²) in [5.41, 5.74) is 7.51. The predicted molar refractivity (Wildman–Crippen MR) is 76.1 cm³/mol. The van der Waals surface area contributed by atoms with Gasteiger partial charge in [-0.25, -0.2) is 0 Å². The molecule has 1 aromatic heterocycles. The highest BCUT2D eigenvalue weighted by Gasteiger charge is 2.35. The summed E-state index contributed by atoms with van der Waals surface area (Å²) in [6.07, 6.45) is 0. The van der Waals surface area contributed by atoms with E-state index in [1.807, 2.05) is 18.7 Å². The number of hydrogen-bond donors (Lipinski definition) is 1. The minimum absolute atomic E-state index is 0.0853. The van der Waals surface area contributed by atoms with Gasteiger partial charge in [-0.05, 0) is 20.8 Å². The van der Waals surface area contributed by atoms with Crippen molar-refractivity contribution in [1.29, 1.82) is 0 Å².